The summed E-state index contributed by atoms with van der Waals surface area (Å²) < 4.78 is 11.1. The van der Waals surface area contributed by atoms with Gasteiger partial charge in [0.2, 0.25) is 11.8 Å². The fraction of sp³-hybridized carbons (Fsp3) is 0.348. The molecule has 0 unspecified atom stereocenters. The minimum Gasteiger partial charge on any atom is -0.493 e. The first-order chi connectivity index (χ1) is 14.9. The highest BCUT2D eigenvalue weighted by Gasteiger charge is 2.18. The number of ether oxygens (including phenoxy) is 2. The quantitative estimate of drug-likeness (QED) is 0.688. The van der Waals surface area contributed by atoms with Crippen molar-refractivity contribution in [1.82, 2.24) is 14.8 Å². The minimum absolute atomic E-state index is 0.0854. The van der Waals surface area contributed by atoms with E-state index in [1.54, 1.807) is 31.3 Å². The molecular weight excluding hydrogens is 396 g/mol. The highest BCUT2D eigenvalue weighted by atomic mass is 16.5. The average molecular weight is 425 g/mol. The third-order valence-electron chi connectivity index (χ3n) is 4.87. The van der Waals surface area contributed by atoms with Crippen LogP contribution in [0.1, 0.15) is 23.6 Å². The van der Waals surface area contributed by atoms with Crippen molar-refractivity contribution in [2.24, 2.45) is 0 Å². The minimum atomic E-state index is -0.148. The fourth-order valence-corrected chi connectivity index (χ4v) is 3.40. The number of aromatic nitrogens is 1. The average Bonchev–Trinajstić information content (AvgIpc) is 2.88. The van der Waals surface area contributed by atoms with Gasteiger partial charge in [-0.15, -0.1) is 0 Å². The van der Waals surface area contributed by atoms with Crippen molar-refractivity contribution in [2.45, 2.75) is 20.0 Å². The van der Waals surface area contributed by atoms with Gasteiger partial charge in [-0.25, -0.2) is 4.98 Å². The van der Waals surface area contributed by atoms with Crippen molar-refractivity contribution in [1.29, 1.82) is 0 Å². The van der Waals surface area contributed by atoms with E-state index in [1.807, 2.05) is 43.1 Å². The molecule has 3 rings (SSSR count). The number of nitrogens with one attached hydrogen (secondary N) is 1. The van der Waals surface area contributed by atoms with Gasteiger partial charge in [0.25, 0.3) is 0 Å². The van der Waals surface area contributed by atoms with Gasteiger partial charge in [0, 0.05) is 43.5 Å². The number of rotatable bonds is 7. The van der Waals surface area contributed by atoms with E-state index in [9.17, 15) is 9.59 Å². The highest BCUT2D eigenvalue weighted by Crippen LogP contribution is 2.31. The second-order valence-corrected chi connectivity index (χ2v) is 7.41. The Kier molecular flexibility index (Phi) is 7.25. The van der Waals surface area contributed by atoms with Crippen LogP contribution < -0.4 is 14.8 Å². The molecule has 2 aromatic rings. The second-order valence-electron chi connectivity index (χ2n) is 7.41. The first kappa shape index (κ1) is 22.3. The van der Waals surface area contributed by atoms with Crippen LogP contribution in [0.25, 0.3) is 6.08 Å². The molecule has 0 bridgehead atoms. The van der Waals surface area contributed by atoms with Gasteiger partial charge < -0.3 is 19.7 Å². The summed E-state index contributed by atoms with van der Waals surface area (Å²) in [5.41, 5.74) is 2.58. The number of benzene rings is 1. The third kappa shape index (κ3) is 5.61. The summed E-state index contributed by atoms with van der Waals surface area (Å²) in [6.45, 7) is 3.72. The van der Waals surface area contributed by atoms with Crippen LogP contribution in [0.2, 0.25) is 0 Å². The van der Waals surface area contributed by atoms with E-state index < -0.39 is 0 Å². The van der Waals surface area contributed by atoms with Gasteiger partial charge in [-0.05, 0) is 37.7 Å². The van der Waals surface area contributed by atoms with Crippen molar-refractivity contribution in [3.05, 3.63) is 53.2 Å². The number of methoxy groups -OCH3 is 1. The number of anilines is 1. The lowest BCUT2D eigenvalue weighted by Crippen LogP contribution is -2.26. The van der Waals surface area contributed by atoms with Gasteiger partial charge in [0.05, 0.1) is 20.3 Å². The molecule has 2 heterocycles. The van der Waals surface area contributed by atoms with E-state index in [4.69, 9.17) is 9.47 Å². The monoisotopic (exact) mass is 424 g/mol. The lowest BCUT2D eigenvalue weighted by molar-refractivity contribution is -0.125. The second kappa shape index (κ2) is 10.1. The Labute approximate surface area is 182 Å². The Hall–Kier alpha value is -3.39. The molecule has 0 aliphatic carbocycles. The van der Waals surface area contributed by atoms with Crippen LogP contribution in [0.15, 0.2) is 36.5 Å². The van der Waals surface area contributed by atoms with E-state index >= 15 is 0 Å². The Morgan fingerprint density at radius 1 is 1.35 bits per heavy atom. The van der Waals surface area contributed by atoms with E-state index in [-0.39, 0.29) is 11.8 Å². The first-order valence-electron chi connectivity index (χ1n) is 10.1. The molecule has 1 aliphatic rings. The number of para-hydroxylation sites is 1. The van der Waals surface area contributed by atoms with Crippen LogP contribution in [0, 0.1) is 0 Å². The summed E-state index contributed by atoms with van der Waals surface area (Å²) in [5, 5.41) is 2.80. The topological polar surface area (TPSA) is 84.0 Å². The van der Waals surface area contributed by atoms with Gasteiger partial charge in [0.1, 0.15) is 5.82 Å². The predicted molar refractivity (Wildman–Crippen MR) is 119 cm³/mol. The predicted octanol–water partition coefficient (Wildman–Crippen LogP) is 2.54. The molecular formula is C23H28N4O4. The van der Waals surface area contributed by atoms with Gasteiger partial charge in [-0.3, -0.25) is 14.5 Å². The number of hydrogen-bond acceptors (Lipinski definition) is 6. The lowest BCUT2D eigenvalue weighted by atomic mass is 10.1. The zero-order chi connectivity index (χ0) is 22.4. The number of amides is 2. The van der Waals surface area contributed by atoms with E-state index in [0.29, 0.717) is 43.6 Å². The molecule has 8 heteroatoms. The molecule has 1 aliphatic heterocycles. The number of carbonyl (C=O) groups is 2. The molecule has 0 radical (unpaired) electrons. The maximum atomic E-state index is 12.7. The zero-order valence-electron chi connectivity index (χ0n) is 18.3. The van der Waals surface area contributed by atoms with E-state index in [0.717, 1.165) is 16.7 Å². The molecule has 31 heavy (non-hydrogen) atoms. The normalized spacial score (nSPS) is 14.0. The van der Waals surface area contributed by atoms with Crippen molar-refractivity contribution in [3.8, 4) is 11.5 Å². The zero-order valence-corrected chi connectivity index (χ0v) is 18.3. The van der Waals surface area contributed by atoms with Crippen LogP contribution in [-0.2, 0) is 22.7 Å². The molecule has 0 fully saturated rings. The van der Waals surface area contributed by atoms with Crippen LogP contribution in [-0.4, -0.2) is 61.0 Å². The van der Waals surface area contributed by atoms with Crippen LogP contribution in [0.4, 0.5) is 5.82 Å². The van der Waals surface area contributed by atoms with Crippen LogP contribution in [0.3, 0.4) is 0 Å². The number of hydrogen-bond donors (Lipinski definition) is 1. The van der Waals surface area contributed by atoms with Crippen LogP contribution in [0.5, 0.6) is 11.5 Å². The standard InChI is InChI=1S/C23H28N4O4/c1-5-31-22-17(7-6-8-19(22)30-4)14-27(3)21(29)10-9-16-11-18-13-26(2)15-20(28)25-23(18)24-12-16/h6-12H,5,13-15H2,1-4H3,(H,24,25,28). The molecule has 0 saturated heterocycles. The molecule has 1 aromatic heterocycles. The molecule has 1 aromatic carbocycles. The summed E-state index contributed by atoms with van der Waals surface area (Å²) >= 11 is 0. The Balaban J connectivity index is 1.71. The third-order valence-corrected chi connectivity index (χ3v) is 4.87. The van der Waals surface area contributed by atoms with E-state index in [1.165, 1.54) is 6.08 Å². The molecule has 2 amide bonds. The van der Waals surface area contributed by atoms with E-state index in [2.05, 4.69) is 10.3 Å². The fourth-order valence-electron chi connectivity index (χ4n) is 3.40. The maximum absolute atomic E-state index is 12.7. The van der Waals surface area contributed by atoms with Gasteiger partial charge >= 0.3 is 0 Å². The van der Waals surface area contributed by atoms with Crippen molar-refractivity contribution in [2.75, 3.05) is 39.7 Å². The SMILES string of the molecule is CCOc1c(CN(C)C(=O)C=Cc2cnc3c(c2)CN(C)CC(=O)N3)cccc1OC. The van der Waals surface area contributed by atoms with Crippen LogP contribution >= 0.6 is 0 Å². The number of carbonyl (C=O) groups excluding carboxylic acids is 2. The summed E-state index contributed by atoms with van der Waals surface area (Å²) in [5.74, 6) is 1.63. The van der Waals surface area contributed by atoms with Crippen molar-refractivity contribution < 1.29 is 19.1 Å². The molecule has 0 saturated carbocycles. The van der Waals surface area contributed by atoms with Gasteiger partial charge in [0.15, 0.2) is 11.5 Å². The lowest BCUT2D eigenvalue weighted by Gasteiger charge is -2.19. The smallest absolute Gasteiger partial charge is 0.246 e. The number of fused-ring (bicyclic) bond motifs is 1. The van der Waals surface area contributed by atoms with Crippen molar-refractivity contribution in [3.63, 3.8) is 0 Å². The molecule has 0 atom stereocenters. The molecule has 0 spiro atoms. The largest absolute Gasteiger partial charge is 0.493 e. The Morgan fingerprint density at radius 2 is 2.16 bits per heavy atom. The Morgan fingerprint density at radius 3 is 2.90 bits per heavy atom. The number of nitrogens with zero attached hydrogens (tertiary/aromatic N) is 3. The van der Waals surface area contributed by atoms with Gasteiger partial charge in [-0.2, -0.15) is 0 Å². The Bertz CT molecular complexity index is 990. The molecule has 8 nitrogen and oxygen atoms in total. The molecule has 164 valence electrons. The highest BCUT2D eigenvalue weighted by molar-refractivity contribution is 5.93. The van der Waals surface area contributed by atoms with Crippen molar-refractivity contribution >= 4 is 23.7 Å². The number of likely N-dealkylation sites (N-methyl/N-ethyl adjacent to an activating group) is 2. The number of pyridine rings is 1. The first-order valence-corrected chi connectivity index (χ1v) is 10.1. The van der Waals surface area contributed by atoms with Gasteiger partial charge in [-0.1, -0.05) is 12.1 Å². The molecule has 1 N–H and O–H groups in total. The summed E-state index contributed by atoms with van der Waals surface area (Å²) in [6.07, 6.45) is 4.89. The maximum Gasteiger partial charge on any atom is 0.246 e. The summed E-state index contributed by atoms with van der Waals surface area (Å²) in [7, 11) is 5.21. The summed E-state index contributed by atoms with van der Waals surface area (Å²) in [6, 6.07) is 7.56. The summed E-state index contributed by atoms with van der Waals surface area (Å²) in [4.78, 5) is 32.3.